The number of hydrogen-bond acceptors (Lipinski definition) is 6. The molecule has 7 nitrogen and oxygen atoms in total. The Labute approximate surface area is 243 Å². The van der Waals surface area contributed by atoms with Gasteiger partial charge in [0.1, 0.15) is 10.6 Å². The fraction of sp³-hybridized carbons (Fsp3) is 0.444. The van der Waals surface area contributed by atoms with Crippen molar-refractivity contribution in [2.45, 2.75) is 71.4 Å². The number of H-pyrrole nitrogens is 1. The summed E-state index contributed by atoms with van der Waals surface area (Å²) in [7, 11) is 0. The molecule has 2 aliphatic rings. The second-order valence-corrected chi connectivity index (χ2v) is 10.2. The number of thiazole rings is 1. The van der Waals surface area contributed by atoms with E-state index in [-0.39, 0.29) is 52.1 Å². The molecule has 0 saturated heterocycles. The van der Waals surface area contributed by atoms with Crippen LogP contribution in [0, 0.1) is 20.8 Å². The van der Waals surface area contributed by atoms with Crippen molar-refractivity contribution in [3.8, 4) is 0 Å². The molecule has 0 aromatic carbocycles. The summed E-state index contributed by atoms with van der Waals surface area (Å²) in [5, 5.41) is 8.27. The van der Waals surface area contributed by atoms with Gasteiger partial charge in [0.25, 0.3) is 5.91 Å². The van der Waals surface area contributed by atoms with Crippen molar-refractivity contribution < 1.29 is 42.0 Å². The molecule has 0 saturated carbocycles. The first-order valence-corrected chi connectivity index (χ1v) is 13.1. The Kier molecular flexibility index (Phi) is 10.5. The topological polar surface area (TPSA) is 87.0 Å². The van der Waals surface area contributed by atoms with Crippen molar-refractivity contribution in [1.29, 1.82) is 0 Å². The number of nitrogens with zero attached hydrogens (tertiary/aromatic N) is 3. The van der Waals surface area contributed by atoms with Gasteiger partial charge in [-0.15, -0.1) is 12.5 Å². The molecule has 4 heterocycles. The summed E-state index contributed by atoms with van der Waals surface area (Å²) in [6, 6.07) is 0.0933. The second kappa shape index (κ2) is 13.2. The van der Waals surface area contributed by atoms with E-state index in [1.807, 2.05) is 6.92 Å². The van der Waals surface area contributed by atoms with Crippen LogP contribution in [0.15, 0.2) is 23.0 Å². The SMILES string of the molecule is CCCCC(Cc1c[nH]c2c1C=CC[CH-]C2)NC(=O)c1cnc(N2CCc3onc(C)c3C2)s1.[CH3-].[Y]. The van der Waals surface area contributed by atoms with E-state index in [1.54, 1.807) is 6.20 Å². The van der Waals surface area contributed by atoms with Crippen LogP contribution in [0.4, 0.5) is 5.13 Å². The second-order valence-electron chi connectivity index (χ2n) is 9.20. The molecule has 1 unspecified atom stereocenters. The van der Waals surface area contributed by atoms with Crippen LogP contribution in [0.2, 0.25) is 0 Å². The molecule has 5 rings (SSSR count). The molecule has 0 fully saturated rings. The predicted molar refractivity (Wildman–Crippen MR) is 141 cm³/mol. The molecular weight excluding hydrogens is 547 g/mol. The third kappa shape index (κ3) is 6.37. The number of aryl methyl sites for hydroxylation is 1. The van der Waals surface area contributed by atoms with Gasteiger partial charge in [-0.05, 0) is 36.6 Å². The summed E-state index contributed by atoms with van der Waals surface area (Å²) < 4.78 is 5.41. The molecule has 1 aliphatic heterocycles. The monoisotopic (exact) mass is 582 g/mol. The van der Waals surface area contributed by atoms with Crippen LogP contribution < -0.4 is 10.2 Å². The van der Waals surface area contributed by atoms with Crippen LogP contribution >= 0.6 is 11.3 Å². The van der Waals surface area contributed by atoms with Gasteiger partial charge in [0.15, 0.2) is 5.13 Å². The maximum atomic E-state index is 13.2. The smallest absolute Gasteiger partial charge is 0.263 e. The van der Waals surface area contributed by atoms with Crippen LogP contribution in [0.5, 0.6) is 0 Å². The van der Waals surface area contributed by atoms with Gasteiger partial charge in [0, 0.05) is 63.5 Å². The van der Waals surface area contributed by atoms with E-state index in [2.05, 4.69) is 57.0 Å². The van der Waals surface area contributed by atoms with E-state index in [9.17, 15) is 4.79 Å². The van der Waals surface area contributed by atoms with Gasteiger partial charge in [-0.1, -0.05) is 42.3 Å². The van der Waals surface area contributed by atoms with Crippen molar-refractivity contribution in [3.63, 3.8) is 0 Å². The van der Waals surface area contributed by atoms with Crippen molar-refractivity contribution in [2.24, 2.45) is 0 Å². The zero-order valence-corrected chi connectivity index (χ0v) is 25.1. The Morgan fingerprint density at radius 2 is 2.28 bits per heavy atom. The van der Waals surface area contributed by atoms with E-state index >= 15 is 0 Å². The molecule has 0 bridgehead atoms. The van der Waals surface area contributed by atoms with Gasteiger partial charge in [0.2, 0.25) is 0 Å². The van der Waals surface area contributed by atoms with Gasteiger partial charge >= 0.3 is 0 Å². The maximum Gasteiger partial charge on any atom is 0.263 e. The number of unbranched alkanes of at least 4 members (excludes halogenated alkanes) is 1. The summed E-state index contributed by atoms with van der Waals surface area (Å²) in [6.07, 6.45) is 17.3. The number of hydrogen-bond donors (Lipinski definition) is 2. The molecule has 1 amide bonds. The van der Waals surface area contributed by atoms with Gasteiger partial charge in [0.05, 0.1) is 18.4 Å². The number of amides is 1. The van der Waals surface area contributed by atoms with Gasteiger partial charge in [-0.25, -0.2) is 4.98 Å². The van der Waals surface area contributed by atoms with Gasteiger partial charge in [-0.2, -0.15) is 6.42 Å². The first-order chi connectivity index (χ1) is 16.6. The number of aromatic amines is 1. The Bertz CT molecular complexity index is 1180. The fourth-order valence-corrected chi connectivity index (χ4v) is 5.64. The number of carbonyl (C=O) groups excluding carboxylic acids is 1. The third-order valence-corrected chi connectivity index (χ3v) is 7.80. The van der Waals surface area contributed by atoms with Crippen LogP contribution in [0.25, 0.3) is 6.08 Å². The number of fused-ring (bicyclic) bond motifs is 2. The van der Waals surface area contributed by atoms with Gasteiger partial charge in [-0.3, -0.25) is 4.79 Å². The molecular formula is C27H35N5O2SY-2. The van der Waals surface area contributed by atoms with Crippen LogP contribution in [0.1, 0.15) is 76.1 Å². The molecule has 2 N–H and O–H groups in total. The largest absolute Gasteiger partial charge is 0.367 e. The average molecular weight is 583 g/mol. The number of carbonyl (C=O) groups is 1. The summed E-state index contributed by atoms with van der Waals surface area (Å²) in [5.74, 6) is 0.937. The minimum atomic E-state index is -0.0331. The molecule has 1 atom stereocenters. The van der Waals surface area contributed by atoms with Crippen LogP contribution in [-0.2, 0) is 58.5 Å². The average Bonchev–Trinajstić information content (AvgIpc) is 3.53. The van der Waals surface area contributed by atoms with E-state index in [0.29, 0.717) is 4.88 Å². The Morgan fingerprint density at radius 3 is 3.11 bits per heavy atom. The Morgan fingerprint density at radius 1 is 1.42 bits per heavy atom. The zero-order valence-electron chi connectivity index (χ0n) is 21.5. The molecule has 9 heteroatoms. The molecule has 3 aromatic rings. The summed E-state index contributed by atoms with van der Waals surface area (Å²) >= 11 is 1.46. The molecule has 1 aliphatic carbocycles. The molecule has 1 radical (unpaired) electrons. The summed E-state index contributed by atoms with van der Waals surface area (Å²) in [4.78, 5) is 24.1. The number of nitrogens with one attached hydrogen (secondary N) is 2. The van der Waals surface area contributed by atoms with Crippen molar-refractivity contribution in [1.82, 2.24) is 20.4 Å². The fourth-order valence-electron chi connectivity index (χ4n) is 4.80. The first kappa shape index (κ1) is 28.8. The molecule has 3 aromatic heterocycles. The summed E-state index contributed by atoms with van der Waals surface area (Å²) in [6.45, 7) is 5.71. The Hall–Kier alpha value is -1.77. The minimum Gasteiger partial charge on any atom is -0.367 e. The predicted octanol–water partition coefficient (Wildman–Crippen LogP) is 5.47. The molecule has 191 valence electrons. The third-order valence-electron chi connectivity index (χ3n) is 6.75. The standard InChI is InChI=1S/C26H32N5O2S.CH3.Y/c1-3-4-8-19(13-18-14-27-22-10-7-5-6-9-20(18)22)29-25(32)24-15-28-26(34-24)31-12-11-23-21(16-31)17(2)30-33-23;;/h6-7,9,14-15,19,27H,3-5,8,10-13,16H2,1-2H3,(H,29,32);1H3;/q2*-1;. The zero-order chi connectivity index (χ0) is 23.5. The van der Waals surface area contributed by atoms with E-state index in [4.69, 9.17) is 4.52 Å². The van der Waals surface area contributed by atoms with Crippen LogP contribution in [-0.4, -0.2) is 33.6 Å². The quantitative estimate of drug-likeness (QED) is 0.344. The minimum absolute atomic E-state index is 0. The van der Waals surface area contributed by atoms with Crippen molar-refractivity contribution >= 4 is 28.5 Å². The number of aromatic nitrogens is 3. The Balaban J connectivity index is 0.00000180. The number of allylic oxidation sites excluding steroid dienone is 1. The number of anilines is 1. The maximum absolute atomic E-state index is 13.2. The van der Waals surface area contributed by atoms with Gasteiger partial charge < -0.3 is 33.6 Å². The first-order valence-electron chi connectivity index (χ1n) is 12.2. The van der Waals surface area contributed by atoms with Crippen molar-refractivity contribution in [2.75, 3.05) is 11.4 Å². The van der Waals surface area contributed by atoms with E-state index in [1.165, 1.54) is 28.2 Å². The molecule has 36 heavy (non-hydrogen) atoms. The van der Waals surface area contributed by atoms with Crippen molar-refractivity contribution in [3.05, 3.63) is 71.0 Å². The van der Waals surface area contributed by atoms with E-state index in [0.717, 1.165) is 80.2 Å². The van der Waals surface area contributed by atoms with E-state index < -0.39 is 0 Å². The normalized spacial score (nSPS) is 15.2. The molecule has 0 spiro atoms. The van der Waals surface area contributed by atoms with Crippen LogP contribution in [0.3, 0.4) is 0 Å². The number of rotatable bonds is 8. The summed E-state index contributed by atoms with van der Waals surface area (Å²) in [5.41, 5.74) is 5.91.